The molecular weight excluding hydrogens is 242 g/mol. The molecule has 1 N–H and O–H groups in total. The van der Waals surface area contributed by atoms with Gasteiger partial charge in [-0.3, -0.25) is 0 Å². The Balaban J connectivity index is 2.52. The highest BCUT2D eigenvalue weighted by Gasteiger charge is 2.31. The number of ether oxygens (including phenoxy) is 1. The van der Waals surface area contributed by atoms with Gasteiger partial charge in [0.25, 0.3) is 0 Å². The molecule has 0 spiro atoms. The topological polar surface area (TPSA) is 49.8 Å². The fourth-order valence-corrected chi connectivity index (χ4v) is 2.82. The Bertz CT molecular complexity index is 273. The van der Waals surface area contributed by atoms with Crippen LogP contribution in [0.4, 0.5) is 4.79 Å². The van der Waals surface area contributed by atoms with E-state index in [1.807, 2.05) is 27.7 Å². The second-order valence-corrected chi connectivity index (χ2v) is 6.29. The van der Waals surface area contributed by atoms with Gasteiger partial charge in [0.1, 0.15) is 6.61 Å². The van der Waals surface area contributed by atoms with E-state index in [2.05, 4.69) is 0 Å². The number of amides is 1. The van der Waals surface area contributed by atoms with Crippen molar-refractivity contribution < 1.29 is 14.6 Å². The number of hydrogen-bond acceptors (Lipinski definition) is 3. The molecule has 112 valence electrons. The fraction of sp³-hybridized carbons (Fsp3) is 0.933. The molecule has 0 bridgehead atoms. The van der Waals surface area contributed by atoms with Crippen LogP contribution in [0.1, 0.15) is 66.2 Å². The summed E-state index contributed by atoms with van der Waals surface area (Å²) in [7, 11) is 0. The molecule has 0 unspecified atom stereocenters. The van der Waals surface area contributed by atoms with E-state index in [0.29, 0.717) is 0 Å². The standard InChI is InChI=1S/C15H29NO3/c1-12(2)16(13(3)4)14(17)19-11-15(18)9-7-5-6-8-10-15/h12-13,18H,5-11H2,1-4H3. The minimum Gasteiger partial charge on any atom is -0.446 e. The van der Waals surface area contributed by atoms with Crippen molar-refractivity contribution in [1.29, 1.82) is 0 Å². The number of carbonyl (C=O) groups excluding carboxylic acids is 1. The number of nitrogens with zero attached hydrogens (tertiary/aromatic N) is 1. The second kappa shape index (κ2) is 7.13. The molecular formula is C15H29NO3. The molecule has 19 heavy (non-hydrogen) atoms. The van der Waals surface area contributed by atoms with Crippen LogP contribution in [0.5, 0.6) is 0 Å². The molecule has 1 saturated carbocycles. The van der Waals surface area contributed by atoms with Gasteiger partial charge in [-0.25, -0.2) is 4.79 Å². The highest BCUT2D eigenvalue weighted by atomic mass is 16.6. The third-order valence-electron chi connectivity index (χ3n) is 3.82. The number of aliphatic hydroxyl groups is 1. The van der Waals surface area contributed by atoms with E-state index in [4.69, 9.17) is 4.74 Å². The van der Waals surface area contributed by atoms with Gasteiger partial charge in [0.2, 0.25) is 0 Å². The van der Waals surface area contributed by atoms with E-state index in [9.17, 15) is 9.90 Å². The van der Waals surface area contributed by atoms with Gasteiger partial charge in [-0.1, -0.05) is 25.7 Å². The van der Waals surface area contributed by atoms with Crippen LogP contribution in [0.2, 0.25) is 0 Å². The third-order valence-corrected chi connectivity index (χ3v) is 3.82. The van der Waals surface area contributed by atoms with Crippen molar-refractivity contribution in [2.75, 3.05) is 6.61 Å². The molecule has 1 aliphatic rings. The van der Waals surface area contributed by atoms with Crippen LogP contribution in [0.25, 0.3) is 0 Å². The molecule has 1 aliphatic carbocycles. The summed E-state index contributed by atoms with van der Waals surface area (Å²) in [6.07, 6.45) is 5.54. The normalized spacial score (nSPS) is 19.3. The SMILES string of the molecule is CC(C)N(C(=O)OCC1(O)CCCCCC1)C(C)C. The van der Waals surface area contributed by atoms with Crippen LogP contribution < -0.4 is 0 Å². The Labute approximate surface area is 117 Å². The summed E-state index contributed by atoms with van der Waals surface area (Å²) in [6, 6.07) is 0.215. The lowest BCUT2D eigenvalue weighted by atomic mass is 9.96. The summed E-state index contributed by atoms with van der Waals surface area (Å²) in [5.74, 6) is 0. The molecule has 1 fully saturated rings. The Morgan fingerprint density at radius 1 is 1.11 bits per heavy atom. The van der Waals surface area contributed by atoms with Gasteiger partial charge < -0.3 is 14.7 Å². The molecule has 0 aromatic rings. The zero-order valence-electron chi connectivity index (χ0n) is 12.8. The van der Waals surface area contributed by atoms with Gasteiger partial charge in [0.15, 0.2) is 0 Å². The van der Waals surface area contributed by atoms with Crippen LogP contribution in [0, 0.1) is 0 Å². The highest BCUT2D eigenvalue weighted by molar-refractivity contribution is 5.68. The molecule has 0 aliphatic heterocycles. The molecule has 4 nitrogen and oxygen atoms in total. The first-order chi connectivity index (χ1) is 8.86. The van der Waals surface area contributed by atoms with E-state index < -0.39 is 5.60 Å². The molecule has 1 amide bonds. The average molecular weight is 271 g/mol. The first-order valence-electron chi connectivity index (χ1n) is 7.53. The maximum Gasteiger partial charge on any atom is 0.410 e. The number of hydrogen-bond donors (Lipinski definition) is 1. The lowest BCUT2D eigenvalue weighted by Gasteiger charge is -2.32. The summed E-state index contributed by atoms with van der Waals surface area (Å²) in [6.45, 7) is 8.02. The van der Waals surface area contributed by atoms with Gasteiger partial charge in [0.05, 0.1) is 5.60 Å². The number of carbonyl (C=O) groups is 1. The van der Waals surface area contributed by atoms with Crippen molar-refractivity contribution in [3.05, 3.63) is 0 Å². The second-order valence-electron chi connectivity index (χ2n) is 6.29. The summed E-state index contributed by atoms with van der Waals surface area (Å²) in [5.41, 5.74) is -0.814. The first kappa shape index (κ1) is 16.3. The summed E-state index contributed by atoms with van der Waals surface area (Å²) >= 11 is 0. The third kappa shape index (κ3) is 5.01. The molecule has 0 aromatic heterocycles. The quantitative estimate of drug-likeness (QED) is 0.798. The van der Waals surface area contributed by atoms with Crippen LogP contribution in [-0.2, 0) is 4.74 Å². The van der Waals surface area contributed by atoms with Crippen molar-refractivity contribution in [3.8, 4) is 0 Å². The average Bonchev–Trinajstić information content (AvgIpc) is 2.51. The van der Waals surface area contributed by atoms with Gasteiger partial charge in [-0.2, -0.15) is 0 Å². The summed E-state index contributed by atoms with van der Waals surface area (Å²) < 4.78 is 5.36. The summed E-state index contributed by atoms with van der Waals surface area (Å²) in [5, 5.41) is 10.5. The molecule has 0 atom stereocenters. The minimum atomic E-state index is -0.814. The van der Waals surface area contributed by atoms with E-state index in [1.54, 1.807) is 4.90 Å². The van der Waals surface area contributed by atoms with Crippen molar-refractivity contribution in [2.45, 2.75) is 83.9 Å². The smallest absolute Gasteiger partial charge is 0.410 e. The van der Waals surface area contributed by atoms with Crippen LogP contribution >= 0.6 is 0 Å². The lowest BCUT2D eigenvalue weighted by molar-refractivity contribution is -0.0426. The van der Waals surface area contributed by atoms with Crippen molar-refractivity contribution in [3.63, 3.8) is 0 Å². The predicted molar refractivity (Wildman–Crippen MR) is 76.1 cm³/mol. The van der Waals surface area contributed by atoms with E-state index in [1.165, 1.54) is 12.8 Å². The summed E-state index contributed by atoms with van der Waals surface area (Å²) in [4.78, 5) is 13.8. The molecule has 0 saturated heterocycles. The Morgan fingerprint density at radius 3 is 2.00 bits per heavy atom. The van der Waals surface area contributed by atoms with Gasteiger partial charge in [-0.05, 0) is 40.5 Å². The minimum absolute atomic E-state index is 0.108. The van der Waals surface area contributed by atoms with Crippen molar-refractivity contribution >= 4 is 6.09 Å². The monoisotopic (exact) mass is 271 g/mol. The van der Waals surface area contributed by atoms with Crippen LogP contribution in [0.3, 0.4) is 0 Å². The van der Waals surface area contributed by atoms with Crippen molar-refractivity contribution in [2.24, 2.45) is 0 Å². The zero-order valence-corrected chi connectivity index (χ0v) is 12.8. The van der Waals surface area contributed by atoms with Crippen LogP contribution in [-0.4, -0.2) is 40.4 Å². The molecule has 0 radical (unpaired) electrons. The van der Waals surface area contributed by atoms with Gasteiger partial charge in [0, 0.05) is 12.1 Å². The maximum atomic E-state index is 12.1. The molecule has 4 heteroatoms. The maximum absolute atomic E-state index is 12.1. The zero-order chi connectivity index (χ0) is 14.5. The largest absolute Gasteiger partial charge is 0.446 e. The molecule has 1 rings (SSSR count). The van der Waals surface area contributed by atoms with E-state index >= 15 is 0 Å². The van der Waals surface area contributed by atoms with Crippen molar-refractivity contribution in [1.82, 2.24) is 4.90 Å². The predicted octanol–water partition coefficient (Wildman–Crippen LogP) is 3.33. The highest BCUT2D eigenvalue weighted by Crippen LogP contribution is 2.27. The molecule has 0 heterocycles. The van der Waals surface area contributed by atoms with Gasteiger partial charge in [-0.15, -0.1) is 0 Å². The molecule has 0 aromatic carbocycles. The van der Waals surface area contributed by atoms with Crippen LogP contribution in [0.15, 0.2) is 0 Å². The Kier molecular flexibility index (Phi) is 6.11. The fourth-order valence-electron chi connectivity index (χ4n) is 2.82. The first-order valence-corrected chi connectivity index (χ1v) is 7.53. The number of rotatable bonds is 4. The Hall–Kier alpha value is -0.770. The Morgan fingerprint density at radius 2 is 1.58 bits per heavy atom. The van der Waals surface area contributed by atoms with Gasteiger partial charge >= 0.3 is 6.09 Å². The van der Waals surface area contributed by atoms with E-state index in [0.717, 1.165) is 25.7 Å². The van der Waals surface area contributed by atoms with E-state index in [-0.39, 0.29) is 24.8 Å². The lowest BCUT2D eigenvalue weighted by Crippen LogP contribution is -2.45.